The normalized spacial score (nSPS) is 19.5. The molecule has 1 aliphatic carbocycles. The Labute approximate surface area is 171 Å². The highest BCUT2D eigenvalue weighted by Gasteiger charge is 2.31. The molecule has 1 heterocycles. The van der Waals surface area contributed by atoms with Gasteiger partial charge in [-0.3, -0.25) is 4.79 Å². The summed E-state index contributed by atoms with van der Waals surface area (Å²) in [6.07, 6.45) is -1.38. The average Bonchev–Trinajstić information content (AvgIpc) is 2.67. The van der Waals surface area contributed by atoms with Gasteiger partial charge >= 0.3 is 6.36 Å². The van der Waals surface area contributed by atoms with Crippen molar-refractivity contribution in [3.63, 3.8) is 0 Å². The second-order valence-corrected chi connectivity index (χ2v) is 7.30. The summed E-state index contributed by atoms with van der Waals surface area (Å²) in [7, 11) is 0. The number of carbonyl (C=O) groups excluding carboxylic acids is 1. The Balaban J connectivity index is 1.55. The van der Waals surface area contributed by atoms with Crippen LogP contribution in [-0.2, 0) is 17.6 Å². The Morgan fingerprint density at radius 3 is 2.87 bits per heavy atom. The molecule has 1 aliphatic heterocycles. The molecule has 0 spiro atoms. The molecule has 5 nitrogen and oxygen atoms in total. The number of hydrogen-bond donors (Lipinski definition) is 2. The molecule has 30 heavy (non-hydrogen) atoms. The molecule has 0 bridgehead atoms. The predicted molar refractivity (Wildman–Crippen MR) is 104 cm³/mol. The second-order valence-electron chi connectivity index (χ2n) is 7.30. The lowest BCUT2D eigenvalue weighted by molar-refractivity contribution is -0.274. The number of halogens is 3. The van der Waals surface area contributed by atoms with Crippen molar-refractivity contribution in [2.75, 3.05) is 11.9 Å². The monoisotopic (exact) mass is 419 g/mol. The fourth-order valence-corrected chi connectivity index (χ4v) is 3.85. The van der Waals surface area contributed by atoms with Gasteiger partial charge in [0.1, 0.15) is 11.5 Å². The first-order chi connectivity index (χ1) is 14.3. The molecule has 8 heteroatoms. The van der Waals surface area contributed by atoms with Crippen LogP contribution >= 0.6 is 0 Å². The highest BCUT2D eigenvalue weighted by Crippen LogP contribution is 2.37. The van der Waals surface area contributed by atoms with Gasteiger partial charge in [-0.05, 0) is 47.7 Å². The van der Waals surface area contributed by atoms with E-state index >= 15 is 0 Å². The predicted octanol–water partition coefficient (Wildman–Crippen LogP) is 4.24. The minimum atomic E-state index is -4.79. The first kappa shape index (κ1) is 20.3. The number of hydrogen-bond acceptors (Lipinski definition) is 4. The van der Waals surface area contributed by atoms with E-state index in [9.17, 15) is 23.1 Å². The molecule has 0 saturated carbocycles. The van der Waals surface area contributed by atoms with Gasteiger partial charge in [-0.1, -0.05) is 12.1 Å². The molecule has 1 unspecified atom stereocenters. The molecule has 4 rings (SSSR count). The number of benzene rings is 2. The Morgan fingerprint density at radius 2 is 2.07 bits per heavy atom. The van der Waals surface area contributed by atoms with E-state index in [2.05, 4.69) is 10.1 Å². The van der Waals surface area contributed by atoms with Crippen molar-refractivity contribution in [1.29, 1.82) is 0 Å². The number of fused-ring (bicyclic) bond motifs is 2. The number of aliphatic hydroxyl groups is 1. The van der Waals surface area contributed by atoms with Gasteiger partial charge in [0.25, 0.3) is 0 Å². The van der Waals surface area contributed by atoms with Gasteiger partial charge in [0.05, 0.1) is 12.7 Å². The number of aliphatic hydroxyl groups excluding tert-OH is 1. The zero-order valence-corrected chi connectivity index (χ0v) is 16.0. The number of amides is 1. The first-order valence-corrected chi connectivity index (χ1v) is 9.62. The van der Waals surface area contributed by atoms with Gasteiger partial charge in [-0.25, -0.2) is 0 Å². The third kappa shape index (κ3) is 4.59. The summed E-state index contributed by atoms with van der Waals surface area (Å²) in [6, 6.07) is 9.47. The number of aryl methyl sites for hydroxylation is 1. The SMILES string of the molecule is O=C(C=C1CCOc2cc(OC(F)(F)F)ccc21)Nc1cccc2c1CC(O)CC2. The summed E-state index contributed by atoms with van der Waals surface area (Å²) in [5.41, 5.74) is 3.92. The molecule has 158 valence electrons. The summed E-state index contributed by atoms with van der Waals surface area (Å²) in [6.45, 7) is 0.245. The Bertz CT molecular complexity index is 1000. The van der Waals surface area contributed by atoms with E-state index in [0.29, 0.717) is 36.1 Å². The molecule has 1 atom stereocenters. The molecule has 0 aromatic heterocycles. The molecular weight excluding hydrogens is 399 g/mol. The lowest BCUT2D eigenvalue weighted by Gasteiger charge is -2.23. The van der Waals surface area contributed by atoms with Crippen molar-refractivity contribution in [3.8, 4) is 11.5 Å². The van der Waals surface area contributed by atoms with Crippen LogP contribution in [0.1, 0.15) is 29.5 Å². The number of ether oxygens (including phenoxy) is 2. The van der Waals surface area contributed by atoms with Crippen LogP contribution in [0.5, 0.6) is 11.5 Å². The van der Waals surface area contributed by atoms with Gasteiger partial charge < -0.3 is 19.9 Å². The van der Waals surface area contributed by atoms with Crippen molar-refractivity contribution in [2.24, 2.45) is 0 Å². The minimum absolute atomic E-state index is 0.238. The second kappa shape index (κ2) is 8.02. The zero-order chi connectivity index (χ0) is 21.3. The van der Waals surface area contributed by atoms with E-state index in [4.69, 9.17) is 4.74 Å². The molecular formula is C22H20F3NO4. The maximum atomic E-state index is 12.6. The summed E-state index contributed by atoms with van der Waals surface area (Å²) < 4.78 is 46.7. The Hall–Kier alpha value is -3.00. The molecule has 2 aromatic rings. The lowest BCUT2D eigenvalue weighted by atomic mass is 9.88. The zero-order valence-electron chi connectivity index (χ0n) is 16.0. The van der Waals surface area contributed by atoms with E-state index in [1.54, 1.807) is 6.07 Å². The number of anilines is 1. The first-order valence-electron chi connectivity index (χ1n) is 9.62. The highest BCUT2D eigenvalue weighted by molar-refractivity contribution is 6.05. The van der Waals surface area contributed by atoms with Crippen molar-refractivity contribution < 1.29 is 32.5 Å². The summed E-state index contributed by atoms with van der Waals surface area (Å²) in [4.78, 5) is 12.6. The fourth-order valence-electron chi connectivity index (χ4n) is 3.85. The van der Waals surface area contributed by atoms with Crippen LogP contribution in [0.4, 0.5) is 18.9 Å². The Kier molecular flexibility index (Phi) is 5.42. The molecule has 2 aliphatic rings. The third-order valence-electron chi connectivity index (χ3n) is 5.18. The third-order valence-corrected chi connectivity index (χ3v) is 5.18. The molecule has 0 radical (unpaired) electrons. The maximum Gasteiger partial charge on any atom is 0.573 e. The highest BCUT2D eigenvalue weighted by atomic mass is 19.4. The summed E-state index contributed by atoms with van der Waals surface area (Å²) in [5, 5.41) is 12.8. The van der Waals surface area contributed by atoms with Gasteiger partial charge in [-0.15, -0.1) is 13.2 Å². The van der Waals surface area contributed by atoms with Crippen LogP contribution in [0.3, 0.4) is 0 Å². The van der Waals surface area contributed by atoms with E-state index in [1.807, 2.05) is 12.1 Å². The molecule has 0 saturated heterocycles. The summed E-state index contributed by atoms with van der Waals surface area (Å²) in [5.74, 6) is -0.481. The van der Waals surface area contributed by atoms with E-state index in [0.717, 1.165) is 17.5 Å². The molecule has 2 N–H and O–H groups in total. The van der Waals surface area contributed by atoms with E-state index < -0.39 is 12.5 Å². The number of nitrogens with one attached hydrogen (secondary N) is 1. The van der Waals surface area contributed by atoms with Crippen molar-refractivity contribution in [3.05, 3.63) is 59.2 Å². The van der Waals surface area contributed by atoms with Gasteiger partial charge in [-0.2, -0.15) is 0 Å². The fraction of sp³-hybridized carbons (Fsp3) is 0.318. The smallest absolute Gasteiger partial charge is 0.492 e. The van der Waals surface area contributed by atoms with Crippen molar-refractivity contribution >= 4 is 17.2 Å². The van der Waals surface area contributed by atoms with Gasteiger partial charge in [0.2, 0.25) is 5.91 Å². The Morgan fingerprint density at radius 1 is 1.23 bits per heavy atom. The van der Waals surface area contributed by atoms with E-state index in [1.165, 1.54) is 24.3 Å². The molecule has 2 aromatic carbocycles. The standard InChI is InChI=1S/C22H20F3NO4/c23-22(24,25)30-16-6-7-17-14(8-9-29-20(17)12-16)10-21(28)26-19-3-1-2-13-4-5-15(27)11-18(13)19/h1-3,6-7,10,12,15,27H,4-5,8-9,11H2,(H,26,28). The molecule has 0 fully saturated rings. The van der Waals surface area contributed by atoms with Crippen LogP contribution < -0.4 is 14.8 Å². The molecule has 1 amide bonds. The van der Waals surface area contributed by atoms with Crippen molar-refractivity contribution in [2.45, 2.75) is 38.1 Å². The lowest BCUT2D eigenvalue weighted by Crippen LogP contribution is -2.21. The van der Waals surface area contributed by atoms with Crippen LogP contribution in [0, 0.1) is 0 Å². The quantitative estimate of drug-likeness (QED) is 0.731. The van der Waals surface area contributed by atoms with Crippen LogP contribution in [0.25, 0.3) is 5.57 Å². The number of rotatable bonds is 3. The van der Waals surface area contributed by atoms with Crippen LogP contribution in [0.2, 0.25) is 0 Å². The maximum absolute atomic E-state index is 12.6. The number of carbonyl (C=O) groups is 1. The van der Waals surface area contributed by atoms with Crippen LogP contribution in [-0.4, -0.2) is 30.1 Å². The largest absolute Gasteiger partial charge is 0.573 e. The van der Waals surface area contributed by atoms with Crippen molar-refractivity contribution in [1.82, 2.24) is 0 Å². The number of alkyl halides is 3. The van der Waals surface area contributed by atoms with Gasteiger partial charge in [0, 0.05) is 36.2 Å². The average molecular weight is 419 g/mol. The topological polar surface area (TPSA) is 67.8 Å². The minimum Gasteiger partial charge on any atom is -0.492 e. The summed E-state index contributed by atoms with van der Waals surface area (Å²) >= 11 is 0. The van der Waals surface area contributed by atoms with Gasteiger partial charge in [0.15, 0.2) is 0 Å². The van der Waals surface area contributed by atoms with Crippen LogP contribution in [0.15, 0.2) is 42.5 Å². The van der Waals surface area contributed by atoms with E-state index in [-0.39, 0.29) is 24.0 Å².